The molecule has 0 radical (unpaired) electrons. The van der Waals surface area contributed by atoms with Crippen molar-refractivity contribution in [3.8, 4) is 11.5 Å². The molecule has 0 aromatic heterocycles. The minimum atomic E-state index is -1.09. The van der Waals surface area contributed by atoms with Gasteiger partial charge in [-0.25, -0.2) is 4.79 Å². The number of rotatable bonds is 7. The molecule has 2 aliphatic heterocycles. The van der Waals surface area contributed by atoms with E-state index in [0.29, 0.717) is 17.5 Å². The van der Waals surface area contributed by atoms with Crippen molar-refractivity contribution in [2.75, 3.05) is 16.8 Å². The summed E-state index contributed by atoms with van der Waals surface area (Å²) in [5.74, 6) is 1.79. The second-order valence-electron chi connectivity index (χ2n) is 12.7. The van der Waals surface area contributed by atoms with Crippen LogP contribution < -0.4 is 15.0 Å². The zero-order valence-electron chi connectivity index (χ0n) is 25.4. The number of hydrogen-bond donors (Lipinski definition) is 1. The highest BCUT2D eigenvalue weighted by Crippen LogP contribution is 2.57. The molecule has 1 saturated carbocycles. The molecule has 1 aliphatic carbocycles. The van der Waals surface area contributed by atoms with Crippen LogP contribution in [0.4, 0.5) is 17.1 Å². The highest BCUT2D eigenvalue weighted by atomic mass is 16.6. The van der Waals surface area contributed by atoms with E-state index in [9.17, 15) is 4.79 Å². The number of hydrogen-bond acceptors (Lipinski definition) is 5. The Labute approximate surface area is 254 Å². The second-order valence-corrected chi connectivity index (χ2v) is 12.7. The van der Waals surface area contributed by atoms with Gasteiger partial charge in [-0.2, -0.15) is 0 Å². The number of ether oxygens (including phenoxy) is 2. The molecule has 5 heteroatoms. The van der Waals surface area contributed by atoms with Gasteiger partial charge in [0.1, 0.15) is 11.5 Å². The van der Waals surface area contributed by atoms with Crippen molar-refractivity contribution in [3.63, 3.8) is 0 Å². The van der Waals surface area contributed by atoms with Crippen LogP contribution >= 0.6 is 0 Å². The first-order chi connectivity index (χ1) is 20.9. The van der Waals surface area contributed by atoms with Crippen LogP contribution in [-0.4, -0.2) is 18.6 Å². The normalized spacial score (nSPS) is 18.9. The van der Waals surface area contributed by atoms with E-state index < -0.39 is 5.60 Å². The van der Waals surface area contributed by atoms with Crippen molar-refractivity contribution in [2.24, 2.45) is 5.92 Å². The minimum Gasteiger partial charge on any atom is -0.456 e. The van der Waals surface area contributed by atoms with E-state index in [1.807, 2.05) is 54.6 Å². The lowest BCUT2D eigenvalue weighted by Crippen LogP contribution is -2.38. The van der Waals surface area contributed by atoms with Crippen molar-refractivity contribution in [1.82, 2.24) is 0 Å². The minimum absolute atomic E-state index is 0.308. The summed E-state index contributed by atoms with van der Waals surface area (Å²) in [4.78, 5) is 16.1. The maximum absolute atomic E-state index is 13.4. The summed E-state index contributed by atoms with van der Waals surface area (Å²) >= 11 is 0. The highest BCUT2D eigenvalue weighted by Gasteiger charge is 2.53. The molecule has 1 spiro atoms. The summed E-state index contributed by atoms with van der Waals surface area (Å²) in [5, 5.41) is 3.57. The zero-order valence-corrected chi connectivity index (χ0v) is 25.4. The number of aryl methyl sites for hydroxylation is 1. The van der Waals surface area contributed by atoms with Crippen LogP contribution in [0.25, 0.3) is 0 Å². The average molecular weight is 573 g/mol. The Morgan fingerprint density at radius 1 is 0.860 bits per heavy atom. The van der Waals surface area contributed by atoms with Crippen molar-refractivity contribution in [1.29, 1.82) is 0 Å². The molecular formula is C38H40N2O3. The number of nitrogens with zero attached hydrogens (tertiary/aromatic N) is 1. The molecule has 4 aromatic carbocycles. The van der Waals surface area contributed by atoms with Crippen LogP contribution in [0.2, 0.25) is 0 Å². The zero-order chi connectivity index (χ0) is 29.6. The van der Waals surface area contributed by atoms with E-state index in [1.54, 1.807) is 0 Å². The summed E-state index contributed by atoms with van der Waals surface area (Å²) < 4.78 is 13.3. The Morgan fingerprint density at radius 3 is 2.40 bits per heavy atom. The molecule has 43 heavy (non-hydrogen) atoms. The lowest BCUT2D eigenvalue weighted by atomic mass is 9.77. The lowest BCUT2D eigenvalue weighted by Gasteiger charge is -2.40. The molecule has 1 fully saturated rings. The van der Waals surface area contributed by atoms with Crippen molar-refractivity contribution in [2.45, 2.75) is 70.9 Å². The Morgan fingerprint density at radius 2 is 1.60 bits per heavy atom. The molecule has 4 aromatic rings. The third-order valence-electron chi connectivity index (χ3n) is 9.39. The van der Waals surface area contributed by atoms with Crippen molar-refractivity contribution >= 4 is 23.0 Å². The first kappa shape index (κ1) is 27.6. The van der Waals surface area contributed by atoms with Gasteiger partial charge in [-0.15, -0.1) is 0 Å². The highest BCUT2D eigenvalue weighted by molar-refractivity contribution is 5.97. The van der Waals surface area contributed by atoms with Crippen molar-refractivity contribution in [3.05, 3.63) is 113 Å². The van der Waals surface area contributed by atoms with E-state index in [1.165, 1.54) is 37.8 Å². The number of esters is 1. The van der Waals surface area contributed by atoms with Gasteiger partial charge in [-0.1, -0.05) is 69.5 Å². The van der Waals surface area contributed by atoms with E-state index in [0.717, 1.165) is 58.1 Å². The van der Waals surface area contributed by atoms with Gasteiger partial charge in [0.2, 0.25) is 0 Å². The summed E-state index contributed by atoms with van der Waals surface area (Å²) in [6, 6.07) is 29.2. The predicted octanol–water partition coefficient (Wildman–Crippen LogP) is 9.49. The number of fused-ring (bicyclic) bond motifs is 6. The fourth-order valence-electron chi connectivity index (χ4n) is 7.11. The van der Waals surface area contributed by atoms with Gasteiger partial charge in [0, 0.05) is 52.4 Å². The molecule has 220 valence electrons. The lowest BCUT2D eigenvalue weighted by molar-refractivity contribution is 0.0224. The number of anilines is 3. The first-order valence-electron chi connectivity index (χ1n) is 15.8. The number of carbonyl (C=O) groups excluding carboxylic acids is 1. The third kappa shape index (κ3) is 4.85. The molecule has 5 nitrogen and oxygen atoms in total. The largest absolute Gasteiger partial charge is 0.456 e. The van der Waals surface area contributed by atoms with E-state index >= 15 is 0 Å². The molecule has 2 heterocycles. The molecule has 1 N–H and O–H groups in total. The molecule has 1 atom stereocenters. The van der Waals surface area contributed by atoms with E-state index in [4.69, 9.17) is 9.47 Å². The maximum Gasteiger partial charge on any atom is 0.340 e. The average Bonchev–Trinajstić information content (AvgIpc) is 3.31. The molecule has 0 bridgehead atoms. The molecule has 0 saturated heterocycles. The van der Waals surface area contributed by atoms with Crippen LogP contribution in [-0.2, 0) is 10.3 Å². The van der Waals surface area contributed by atoms with Gasteiger partial charge in [-0.3, -0.25) is 0 Å². The fraction of sp³-hybridized carbons (Fsp3) is 0.342. The second kappa shape index (κ2) is 11.1. The standard InChI is InChI=1S/C38H40N2O3/c1-25(2)20-21-40(28-14-8-5-9-15-28)29-18-19-32-36(23-29)42-35-22-26(3)34(39-27-12-6-4-7-13-27)24-33(35)38(32)31-17-11-10-16-30(31)37(41)43-38/h4,6-7,10-13,16-19,22-25,28,39H,5,8-9,14-15,20-21H2,1-3H3. The van der Waals surface area contributed by atoms with Crippen LogP contribution in [0.15, 0.2) is 84.9 Å². The monoisotopic (exact) mass is 572 g/mol. The van der Waals surface area contributed by atoms with E-state index in [2.05, 4.69) is 61.3 Å². The van der Waals surface area contributed by atoms with Gasteiger partial charge < -0.3 is 19.7 Å². The Bertz CT molecular complexity index is 1660. The fourth-order valence-corrected chi connectivity index (χ4v) is 7.11. The number of nitrogens with one attached hydrogen (secondary N) is 1. The number of benzene rings is 4. The summed E-state index contributed by atoms with van der Waals surface area (Å²) in [6.45, 7) is 7.70. The molecule has 0 amide bonds. The van der Waals surface area contributed by atoms with Gasteiger partial charge >= 0.3 is 5.97 Å². The van der Waals surface area contributed by atoms with Gasteiger partial charge in [-0.05, 0) is 80.1 Å². The van der Waals surface area contributed by atoms with Crippen LogP contribution in [0.3, 0.4) is 0 Å². The van der Waals surface area contributed by atoms with Gasteiger partial charge in [0.25, 0.3) is 0 Å². The summed E-state index contributed by atoms with van der Waals surface area (Å²) in [5.41, 5.74) is 6.24. The molecular weight excluding hydrogens is 532 g/mol. The maximum atomic E-state index is 13.4. The first-order valence-corrected chi connectivity index (χ1v) is 15.8. The summed E-state index contributed by atoms with van der Waals surface area (Å²) in [7, 11) is 0. The SMILES string of the molecule is Cc1cc2c(cc1Nc1ccccc1)C1(OC(=O)c3ccccc31)c1ccc(N(CCC(C)C)C3CCCCC3)cc1O2. The Kier molecular flexibility index (Phi) is 7.12. The molecule has 1 unspecified atom stereocenters. The smallest absolute Gasteiger partial charge is 0.340 e. The molecule has 7 rings (SSSR count). The molecule has 3 aliphatic rings. The summed E-state index contributed by atoms with van der Waals surface area (Å²) in [6.07, 6.45) is 7.49. The van der Waals surface area contributed by atoms with Gasteiger partial charge in [0.15, 0.2) is 5.60 Å². The quantitative estimate of drug-likeness (QED) is 0.224. The topological polar surface area (TPSA) is 50.8 Å². The number of carbonyl (C=O) groups is 1. The Hall–Kier alpha value is -4.25. The van der Waals surface area contributed by atoms with Crippen LogP contribution in [0.5, 0.6) is 11.5 Å². The van der Waals surface area contributed by atoms with Gasteiger partial charge in [0.05, 0.1) is 5.56 Å². The van der Waals surface area contributed by atoms with E-state index in [-0.39, 0.29) is 5.97 Å². The predicted molar refractivity (Wildman–Crippen MR) is 173 cm³/mol. The van der Waals surface area contributed by atoms with Crippen LogP contribution in [0.1, 0.15) is 85.0 Å². The number of para-hydroxylation sites is 1. The van der Waals surface area contributed by atoms with Crippen molar-refractivity contribution < 1.29 is 14.3 Å². The Balaban J connectivity index is 1.37. The third-order valence-corrected chi connectivity index (χ3v) is 9.39. The van der Waals surface area contributed by atoms with Crippen LogP contribution in [0, 0.1) is 12.8 Å².